The highest BCUT2D eigenvalue weighted by Gasteiger charge is 2.28. The Labute approximate surface area is 109 Å². The molecule has 3 N–H and O–H groups in total. The summed E-state index contributed by atoms with van der Waals surface area (Å²) in [5.74, 6) is 2.21. The zero-order valence-electron chi connectivity index (χ0n) is 11.4. The third kappa shape index (κ3) is 3.19. The molecule has 4 nitrogen and oxygen atoms in total. The lowest BCUT2D eigenvalue weighted by atomic mass is 9.78. The van der Waals surface area contributed by atoms with E-state index in [1.165, 1.54) is 12.8 Å². The maximum Gasteiger partial charge on any atom is 0.129 e. The molecule has 100 valence electrons. The van der Waals surface area contributed by atoms with Gasteiger partial charge in [0.2, 0.25) is 0 Å². The number of nitrogens with one attached hydrogen (secondary N) is 1. The highest BCUT2D eigenvalue weighted by molar-refractivity contribution is 5.36. The van der Waals surface area contributed by atoms with E-state index in [4.69, 9.17) is 5.73 Å². The molecule has 0 unspecified atom stereocenters. The summed E-state index contributed by atoms with van der Waals surface area (Å²) in [6.07, 6.45) is 6.19. The molecule has 1 aromatic rings. The van der Waals surface area contributed by atoms with Gasteiger partial charge in [-0.05, 0) is 18.8 Å². The van der Waals surface area contributed by atoms with Gasteiger partial charge in [0.1, 0.15) is 12.1 Å². The average molecular weight is 248 g/mol. The minimum Gasteiger partial charge on any atom is -0.370 e. The van der Waals surface area contributed by atoms with Crippen LogP contribution in [0.15, 0.2) is 12.4 Å². The number of anilines is 1. The van der Waals surface area contributed by atoms with Crippen molar-refractivity contribution in [2.24, 2.45) is 11.7 Å². The van der Waals surface area contributed by atoms with Crippen LogP contribution in [0.5, 0.6) is 0 Å². The smallest absolute Gasteiger partial charge is 0.129 e. The molecular formula is C14H24N4. The lowest BCUT2D eigenvalue weighted by molar-refractivity contribution is 0.345. The van der Waals surface area contributed by atoms with E-state index in [1.807, 2.05) is 0 Å². The van der Waals surface area contributed by atoms with Gasteiger partial charge in [-0.25, -0.2) is 9.97 Å². The van der Waals surface area contributed by atoms with E-state index in [2.05, 4.69) is 35.2 Å². The van der Waals surface area contributed by atoms with Crippen LogP contribution in [-0.4, -0.2) is 22.6 Å². The lowest BCUT2D eigenvalue weighted by Crippen LogP contribution is -2.35. The maximum atomic E-state index is 5.82. The Morgan fingerprint density at radius 3 is 2.67 bits per heavy atom. The minimum absolute atomic E-state index is 0.367. The Bertz CT molecular complexity index is 370. The van der Waals surface area contributed by atoms with E-state index in [9.17, 15) is 0 Å². The fraction of sp³-hybridized carbons (Fsp3) is 0.714. The van der Waals surface area contributed by atoms with E-state index in [0.717, 1.165) is 36.8 Å². The molecule has 0 spiro atoms. The molecule has 0 radical (unpaired) electrons. The average Bonchev–Trinajstić information content (AvgIpc) is 2.37. The normalized spacial score (nSPS) is 22.9. The second-order valence-electron chi connectivity index (χ2n) is 5.32. The number of aromatic nitrogens is 2. The molecule has 0 aromatic carbocycles. The minimum atomic E-state index is 0.367. The van der Waals surface area contributed by atoms with Gasteiger partial charge in [0, 0.05) is 30.3 Å². The summed E-state index contributed by atoms with van der Waals surface area (Å²) in [5.41, 5.74) is 6.96. The number of nitrogens with two attached hydrogens (primary N) is 1. The third-order valence-corrected chi connectivity index (χ3v) is 4.01. The zero-order chi connectivity index (χ0) is 13.0. The Hall–Kier alpha value is -1.16. The van der Waals surface area contributed by atoms with Gasteiger partial charge in [0.15, 0.2) is 0 Å². The van der Waals surface area contributed by atoms with Crippen LogP contribution >= 0.6 is 0 Å². The molecule has 1 saturated carbocycles. The fourth-order valence-corrected chi connectivity index (χ4v) is 2.42. The maximum absolute atomic E-state index is 5.82. The predicted molar refractivity (Wildman–Crippen MR) is 74.5 cm³/mol. The van der Waals surface area contributed by atoms with Crippen LogP contribution in [0, 0.1) is 5.92 Å². The van der Waals surface area contributed by atoms with Crippen molar-refractivity contribution >= 4 is 5.82 Å². The van der Waals surface area contributed by atoms with Gasteiger partial charge in [-0.15, -0.1) is 0 Å². The van der Waals surface area contributed by atoms with Crippen LogP contribution < -0.4 is 11.1 Å². The summed E-state index contributed by atoms with van der Waals surface area (Å²) >= 11 is 0. The molecule has 1 fully saturated rings. The number of nitrogens with zero attached hydrogens (tertiary/aromatic N) is 2. The van der Waals surface area contributed by atoms with Crippen LogP contribution in [-0.2, 0) is 0 Å². The molecule has 0 atom stereocenters. The van der Waals surface area contributed by atoms with Crippen LogP contribution in [0.2, 0.25) is 0 Å². The van der Waals surface area contributed by atoms with Gasteiger partial charge in [-0.2, -0.15) is 0 Å². The van der Waals surface area contributed by atoms with E-state index in [-0.39, 0.29) is 0 Å². The first kappa shape index (κ1) is 13.3. The monoisotopic (exact) mass is 248 g/mol. The first-order chi connectivity index (χ1) is 8.72. The Kier molecular flexibility index (Phi) is 4.53. The summed E-state index contributed by atoms with van der Waals surface area (Å²) in [5, 5.41) is 3.42. The van der Waals surface area contributed by atoms with Crippen LogP contribution in [0.25, 0.3) is 0 Å². The third-order valence-electron chi connectivity index (χ3n) is 4.01. The molecule has 0 bridgehead atoms. The molecule has 4 heteroatoms. The van der Waals surface area contributed by atoms with Crippen molar-refractivity contribution in [1.82, 2.24) is 9.97 Å². The quantitative estimate of drug-likeness (QED) is 0.812. The largest absolute Gasteiger partial charge is 0.370 e. The van der Waals surface area contributed by atoms with Crippen molar-refractivity contribution in [3.8, 4) is 0 Å². The number of hydrogen-bond donors (Lipinski definition) is 2. The van der Waals surface area contributed by atoms with E-state index < -0.39 is 0 Å². The molecule has 1 heterocycles. The van der Waals surface area contributed by atoms with Crippen molar-refractivity contribution in [3.05, 3.63) is 18.1 Å². The number of rotatable bonds is 6. The SMILES string of the molecule is CCC(CC)CNc1cc(C2CC(N)C2)ncn1. The van der Waals surface area contributed by atoms with Crippen molar-refractivity contribution < 1.29 is 0 Å². The molecule has 1 aliphatic rings. The number of hydrogen-bond acceptors (Lipinski definition) is 4. The molecule has 1 aliphatic carbocycles. The van der Waals surface area contributed by atoms with Crippen molar-refractivity contribution in [3.63, 3.8) is 0 Å². The van der Waals surface area contributed by atoms with Gasteiger partial charge >= 0.3 is 0 Å². The first-order valence-corrected chi connectivity index (χ1v) is 7.04. The second-order valence-corrected chi connectivity index (χ2v) is 5.32. The molecule has 2 rings (SSSR count). The summed E-state index contributed by atoms with van der Waals surface area (Å²) in [7, 11) is 0. The Morgan fingerprint density at radius 2 is 2.06 bits per heavy atom. The van der Waals surface area contributed by atoms with Crippen molar-refractivity contribution in [1.29, 1.82) is 0 Å². The van der Waals surface area contributed by atoms with E-state index >= 15 is 0 Å². The zero-order valence-corrected chi connectivity index (χ0v) is 11.4. The fourth-order valence-electron chi connectivity index (χ4n) is 2.42. The van der Waals surface area contributed by atoms with Gasteiger partial charge in [-0.1, -0.05) is 26.7 Å². The summed E-state index contributed by atoms with van der Waals surface area (Å²) in [4.78, 5) is 8.64. The van der Waals surface area contributed by atoms with Crippen molar-refractivity contribution in [2.45, 2.75) is 51.5 Å². The highest BCUT2D eigenvalue weighted by Crippen LogP contribution is 2.34. The molecule has 0 saturated heterocycles. The van der Waals surface area contributed by atoms with Gasteiger partial charge in [-0.3, -0.25) is 0 Å². The lowest BCUT2D eigenvalue weighted by Gasteiger charge is -2.31. The van der Waals surface area contributed by atoms with Gasteiger partial charge in [0.05, 0.1) is 0 Å². The molecular weight excluding hydrogens is 224 g/mol. The van der Waals surface area contributed by atoms with Crippen LogP contribution in [0.3, 0.4) is 0 Å². The second kappa shape index (κ2) is 6.14. The van der Waals surface area contributed by atoms with Crippen molar-refractivity contribution in [2.75, 3.05) is 11.9 Å². The Morgan fingerprint density at radius 1 is 1.33 bits per heavy atom. The van der Waals surface area contributed by atoms with Gasteiger partial charge in [0.25, 0.3) is 0 Å². The summed E-state index contributed by atoms with van der Waals surface area (Å²) in [6.45, 7) is 5.46. The van der Waals surface area contributed by atoms with Crippen LogP contribution in [0.1, 0.15) is 51.1 Å². The highest BCUT2D eigenvalue weighted by atomic mass is 15.0. The van der Waals surface area contributed by atoms with Crippen LogP contribution in [0.4, 0.5) is 5.82 Å². The first-order valence-electron chi connectivity index (χ1n) is 7.04. The van der Waals surface area contributed by atoms with E-state index in [1.54, 1.807) is 6.33 Å². The Balaban J connectivity index is 1.91. The standard InChI is InChI=1S/C14H24N4/c1-3-10(4-2)8-16-14-7-13(17-9-18-14)11-5-12(15)6-11/h7,9-12H,3-6,8,15H2,1-2H3,(H,16,17,18). The van der Waals surface area contributed by atoms with E-state index in [0.29, 0.717) is 12.0 Å². The predicted octanol–water partition coefficient (Wildman–Crippen LogP) is 2.53. The topological polar surface area (TPSA) is 63.8 Å². The van der Waals surface area contributed by atoms with Gasteiger partial charge < -0.3 is 11.1 Å². The molecule has 0 aliphatic heterocycles. The molecule has 18 heavy (non-hydrogen) atoms. The summed E-state index contributed by atoms with van der Waals surface area (Å²) in [6, 6.07) is 2.45. The molecule has 1 aromatic heterocycles. The molecule has 0 amide bonds. The summed E-state index contributed by atoms with van der Waals surface area (Å²) < 4.78 is 0.